The van der Waals surface area contributed by atoms with Crippen molar-refractivity contribution >= 4 is 22.5 Å². The Hall–Kier alpha value is -3.40. The van der Waals surface area contributed by atoms with E-state index >= 15 is 0 Å². The Morgan fingerprint density at radius 2 is 1.50 bits per heavy atom. The lowest BCUT2D eigenvalue weighted by molar-refractivity contribution is -0.138. The summed E-state index contributed by atoms with van der Waals surface area (Å²) in [6, 6.07) is 10.3. The van der Waals surface area contributed by atoms with Gasteiger partial charge in [-0.2, -0.15) is 26.3 Å². The van der Waals surface area contributed by atoms with Gasteiger partial charge >= 0.3 is 12.4 Å². The highest BCUT2D eigenvalue weighted by Gasteiger charge is 2.33. The Kier molecular flexibility index (Phi) is 5.41. The zero-order chi connectivity index (χ0) is 23.1. The molecule has 0 aliphatic heterocycles. The third-order valence-corrected chi connectivity index (χ3v) is 4.62. The topological polar surface area (TPSA) is 47.9 Å². The monoisotopic (exact) mass is 469 g/mol. The molecule has 2 heterocycles. The standard InChI is InChI=1S/C21H10ClF6N3O/c22-18-8-15(21(26,27)28)14-6-5-13(7-17(14)31-18)32-19-9-16(29-10-30-19)11-1-3-12(4-2-11)20(23,24)25/h1-10H. The molecular formula is C21H10ClF6N3O. The van der Waals surface area contributed by atoms with Crippen LogP contribution in [0, 0.1) is 0 Å². The quantitative estimate of drug-likeness (QED) is 0.236. The molecule has 4 rings (SSSR count). The van der Waals surface area contributed by atoms with Crippen LogP contribution >= 0.6 is 11.6 Å². The Bertz CT molecular complexity index is 1290. The molecule has 2 aromatic heterocycles. The van der Waals surface area contributed by atoms with Crippen LogP contribution < -0.4 is 4.74 Å². The molecule has 4 nitrogen and oxygen atoms in total. The maximum Gasteiger partial charge on any atom is 0.417 e. The van der Waals surface area contributed by atoms with Crippen LogP contribution in [0.15, 0.2) is 60.9 Å². The highest BCUT2D eigenvalue weighted by molar-refractivity contribution is 6.30. The van der Waals surface area contributed by atoms with E-state index in [0.717, 1.165) is 24.5 Å². The van der Waals surface area contributed by atoms with E-state index < -0.39 is 23.5 Å². The molecule has 0 saturated heterocycles. The van der Waals surface area contributed by atoms with Crippen LogP contribution in [0.2, 0.25) is 5.15 Å². The lowest BCUT2D eigenvalue weighted by atomic mass is 10.1. The van der Waals surface area contributed by atoms with Gasteiger partial charge < -0.3 is 4.74 Å². The second-order valence-electron chi connectivity index (χ2n) is 6.59. The molecule has 0 fully saturated rings. The van der Waals surface area contributed by atoms with Crippen molar-refractivity contribution in [2.24, 2.45) is 0 Å². The molecule has 164 valence electrons. The summed E-state index contributed by atoms with van der Waals surface area (Å²) in [4.78, 5) is 11.9. The van der Waals surface area contributed by atoms with E-state index in [4.69, 9.17) is 16.3 Å². The fraction of sp³-hybridized carbons (Fsp3) is 0.0952. The summed E-state index contributed by atoms with van der Waals surface area (Å²) in [5.41, 5.74) is -1.06. The first-order valence-electron chi connectivity index (χ1n) is 8.86. The molecule has 0 N–H and O–H groups in total. The van der Waals surface area contributed by atoms with E-state index in [-0.39, 0.29) is 27.7 Å². The van der Waals surface area contributed by atoms with Gasteiger partial charge in [-0.1, -0.05) is 23.7 Å². The number of aromatic nitrogens is 3. The Labute approximate surface area is 181 Å². The number of halogens is 7. The van der Waals surface area contributed by atoms with Gasteiger partial charge in [0.05, 0.1) is 22.3 Å². The number of hydrogen-bond acceptors (Lipinski definition) is 4. The smallest absolute Gasteiger partial charge is 0.417 e. The normalized spacial score (nSPS) is 12.2. The van der Waals surface area contributed by atoms with E-state index in [1.54, 1.807) is 0 Å². The average Bonchev–Trinajstić information content (AvgIpc) is 2.72. The van der Waals surface area contributed by atoms with E-state index in [1.807, 2.05) is 0 Å². The summed E-state index contributed by atoms with van der Waals surface area (Å²) >= 11 is 5.73. The zero-order valence-electron chi connectivity index (χ0n) is 15.7. The van der Waals surface area contributed by atoms with Gasteiger partial charge in [-0.25, -0.2) is 15.0 Å². The van der Waals surface area contributed by atoms with Crippen LogP contribution in [-0.2, 0) is 12.4 Å². The number of rotatable bonds is 3. The number of fused-ring (bicyclic) bond motifs is 1. The summed E-state index contributed by atoms with van der Waals surface area (Å²) in [5, 5.41) is -0.476. The summed E-state index contributed by atoms with van der Waals surface area (Å²) in [6.07, 6.45) is -7.92. The first-order valence-corrected chi connectivity index (χ1v) is 9.23. The van der Waals surface area contributed by atoms with Crippen LogP contribution in [-0.4, -0.2) is 15.0 Å². The zero-order valence-corrected chi connectivity index (χ0v) is 16.4. The Morgan fingerprint density at radius 3 is 2.16 bits per heavy atom. The Balaban J connectivity index is 1.64. The molecule has 0 aliphatic carbocycles. The predicted molar refractivity (Wildman–Crippen MR) is 104 cm³/mol. The van der Waals surface area contributed by atoms with E-state index in [0.29, 0.717) is 11.3 Å². The van der Waals surface area contributed by atoms with Gasteiger partial charge in [0.2, 0.25) is 5.88 Å². The molecule has 0 saturated carbocycles. The molecule has 0 unspecified atom stereocenters. The number of hydrogen-bond donors (Lipinski definition) is 0. The maximum absolute atomic E-state index is 13.2. The third kappa shape index (κ3) is 4.59. The first kappa shape index (κ1) is 21.8. The summed E-state index contributed by atoms with van der Waals surface area (Å²) in [5.74, 6) is 0.171. The SMILES string of the molecule is FC(F)(F)c1ccc(-c2cc(Oc3ccc4c(C(F)(F)F)cc(Cl)nc4c3)ncn2)cc1. The molecule has 4 aromatic rings. The van der Waals surface area contributed by atoms with Crippen molar-refractivity contribution in [3.63, 3.8) is 0 Å². The van der Waals surface area contributed by atoms with Crippen molar-refractivity contribution < 1.29 is 31.1 Å². The number of ether oxygens (including phenoxy) is 1. The molecule has 0 amide bonds. The molecule has 0 spiro atoms. The minimum atomic E-state index is -4.61. The number of nitrogens with zero attached hydrogens (tertiary/aromatic N) is 3. The summed E-state index contributed by atoms with van der Waals surface area (Å²) in [6.45, 7) is 0. The maximum atomic E-state index is 13.2. The minimum Gasteiger partial charge on any atom is -0.439 e. The summed E-state index contributed by atoms with van der Waals surface area (Å²) in [7, 11) is 0. The fourth-order valence-electron chi connectivity index (χ4n) is 2.98. The lowest BCUT2D eigenvalue weighted by Crippen LogP contribution is -2.06. The largest absolute Gasteiger partial charge is 0.439 e. The van der Waals surface area contributed by atoms with Crippen molar-refractivity contribution in [2.75, 3.05) is 0 Å². The average molecular weight is 470 g/mol. The van der Waals surface area contributed by atoms with Crippen molar-refractivity contribution in [3.05, 3.63) is 77.2 Å². The van der Waals surface area contributed by atoms with E-state index in [1.165, 1.54) is 36.4 Å². The second kappa shape index (κ2) is 7.94. The second-order valence-corrected chi connectivity index (χ2v) is 6.98. The first-order chi connectivity index (χ1) is 15.0. The van der Waals surface area contributed by atoms with Gasteiger partial charge in [-0.15, -0.1) is 0 Å². The number of benzene rings is 2. The third-order valence-electron chi connectivity index (χ3n) is 4.43. The molecule has 0 atom stereocenters. The van der Waals surface area contributed by atoms with Crippen LogP contribution in [0.5, 0.6) is 11.6 Å². The summed E-state index contributed by atoms with van der Waals surface area (Å²) < 4.78 is 83.5. The van der Waals surface area contributed by atoms with E-state index in [2.05, 4.69) is 15.0 Å². The van der Waals surface area contributed by atoms with Crippen molar-refractivity contribution in [2.45, 2.75) is 12.4 Å². The molecule has 32 heavy (non-hydrogen) atoms. The van der Waals surface area contributed by atoms with Gasteiger partial charge in [0.25, 0.3) is 0 Å². The van der Waals surface area contributed by atoms with Gasteiger partial charge in [-0.3, -0.25) is 0 Å². The lowest BCUT2D eigenvalue weighted by Gasteiger charge is -2.12. The van der Waals surface area contributed by atoms with Gasteiger partial charge in [0.15, 0.2) is 0 Å². The number of pyridine rings is 1. The Morgan fingerprint density at radius 1 is 0.781 bits per heavy atom. The van der Waals surface area contributed by atoms with Crippen LogP contribution in [0.3, 0.4) is 0 Å². The molecule has 0 aliphatic rings. The van der Waals surface area contributed by atoms with Gasteiger partial charge in [0, 0.05) is 23.1 Å². The van der Waals surface area contributed by atoms with E-state index in [9.17, 15) is 26.3 Å². The van der Waals surface area contributed by atoms with Crippen LogP contribution in [0.4, 0.5) is 26.3 Å². The number of alkyl halides is 6. The van der Waals surface area contributed by atoms with Crippen LogP contribution in [0.25, 0.3) is 22.2 Å². The van der Waals surface area contributed by atoms with Crippen molar-refractivity contribution in [1.29, 1.82) is 0 Å². The van der Waals surface area contributed by atoms with Crippen molar-refractivity contribution in [3.8, 4) is 22.9 Å². The molecular weight excluding hydrogens is 460 g/mol. The highest BCUT2D eigenvalue weighted by Crippen LogP contribution is 2.37. The highest BCUT2D eigenvalue weighted by atomic mass is 35.5. The van der Waals surface area contributed by atoms with Crippen LogP contribution in [0.1, 0.15) is 11.1 Å². The molecule has 0 radical (unpaired) electrons. The molecule has 2 aromatic carbocycles. The van der Waals surface area contributed by atoms with Gasteiger partial charge in [-0.05, 0) is 30.3 Å². The molecule has 11 heteroatoms. The minimum absolute atomic E-state index is 0.0284. The van der Waals surface area contributed by atoms with Crippen molar-refractivity contribution in [1.82, 2.24) is 15.0 Å². The molecule has 0 bridgehead atoms. The predicted octanol–water partition coefficient (Wildman–Crippen LogP) is 7.18. The van der Waals surface area contributed by atoms with Gasteiger partial charge in [0.1, 0.15) is 17.2 Å². The fourth-order valence-corrected chi connectivity index (χ4v) is 3.18.